The van der Waals surface area contributed by atoms with Crippen molar-refractivity contribution in [2.75, 3.05) is 24.3 Å². The predicted octanol–water partition coefficient (Wildman–Crippen LogP) is 2.19. The lowest BCUT2D eigenvalue weighted by atomic mass is 10.1. The number of pyridine rings is 1. The summed E-state index contributed by atoms with van der Waals surface area (Å²) in [5.74, 6) is 2.45. The minimum Gasteiger partial charge on any atom is -0.381 e. The van der Waals surface area contributed by atoms with Gasteiger partial charge < -0.3 is 10.1 Å². The second-order valence-corrected chi connectivity index (χ2v) is 6.51. The van der Waals surface area contributed by atoms with E-state index in [9.17, 15) is 4.79 Å². The third-order valence-electron chi connectivity index (χ3n) is 3.69. The molecule has 23 heavy (non-hydrogen) atoms. The summed E-state index contributed by atoms with van der Waals surface area (Å²) < 4.78 is 7.24. The fraction of sp³-hybridized carbons (Fsp3) is 0.438. The molecule has 3 rings (SSSR count). The first-order chi connectivity index (χ1) is 11.3. The van der Waals surface area contributed by atoms with Crippen molar-refractivity contribution in [3.63, 3.8) is 0 Å². The molecule has 0 unspecified atom stereocenters. The molecule has 3 heterocycles. The molecule has 1 N–H and O–H groups in total. The summed E-state index contributed by atoms with van der Waals surface area (Å²) in [5, 5.41) is 7.23. The Bertz CT molecular complexity index is 626. The van der Waals surface area contributed by atoms with Crippen LogP contribution in [-0.2, 0) is 21.8 Å². The van der Waals surface area contributed by atoms with E-state index >= 15 is 0 Å². The molecule has 7 heteroatoms. The van der Waals surface area contributed by atoms with Gasteiger partial charge in [0, 0.05) is 43.3 Å². The smallest absolute Gasteiger partial charge is 0.235 e. The van der Waals surface area contributed by atoms with Crippen molar-refractivity contribution in [2.24, 2.45) is 5.92 Å². The van der Waals surface area contributed by atoms with E-state index in [1.54, 1.807) is 30.4 Å². The Kier molecular flexibility index (Phi) is 5.65. The summed E-state index contributed by atoms with van der Waals surface area (Å²) in [6.07, 6.45) is 6.30. The number of amides is 1. The Balaban J connectivity index is 1.45. The highest BCUT2D eigenvalue weighted by Gasteiger charge is 2.18. The van der Waals surface area contributed by atoms with Crippen LogP contribution in [0.25, 0.3) is 0 Å². The maximum atomic E-state index is 12.1. The van der Waals surface area contributed by atoms with Gasteiger partial charge in [-0.2, -0.15) is 5.10 Å². The number of thioether (sulfide) groups is 1. The number of nitrogens with zero attached hydrogens (tertiary/aromatic N) is 3. The van der Waals surface area contributed by atoms with Crippen molar-refractivity contribution in [3.05, 3.63) is 42.4 Å². The van der Waals surface area contributed by atoms with Gasteiger partial charge in [0.1, 0.15) is 5.82 Å². The van der Waals surface area contributed by atoms with Crippen LogP contribution in [0.4, 0.5) is 5.82 Å². The summed E-state index contributed by atoms with van der Waals surface area (Å²) >= 11 is 1.59. The molecule has 6 nitrogen and oxygen atoms in total. The highest BCUT2D eigenvalue weighted by Crippen LogP contribution is 2.18. The van der Waals surface area contributed by atoms with Gasteiger partial charge >= 0.3 is 0 Å². The molecule has 1 saturated heterocycles. The zero-order valence-electron chi connectivity index (χ0n) is 12.9. The third kappa shape index (κ3) is 4.80. The first-order valence-electron chi connectivity index (χ1n) is 7.67. The van der Waals surface area contributed by atoms with Crippen LogP contribution in [-0.4, -0.2) is 39.6 Å². The van der Waals surface area contributed by atoms with Gasteiger partial charge in [-0.15, -0.1) is 11.8 Å². The van der Waals surface area contributed by atoms with E-state index in [0.717, 1.165) is 37.8 Å². The van der Waals surface area contributed by atoms with Gasteiger partial charge in [0.15, 0.2) is 0 Å². The molecule has 0 radical (unpaired) electrons. The molecule has 0 bridgehead atoms. The normalized spacial score (nSPS) is 17.3. The zero-order valence-corrected chi connectivity index (χ0v) is 13.7. The molecule has 1 atom stereocenters. The number of carbonyl (C=O) groups is 1. The zero-order chi connectivity index (χ0) is 15.9. The number of anilines is 1. The Morgan fingerprint density at radius 3 is 3.00 bits per heavy atom. The van der Waals surface area contributed by atoms with E-state index in [-0.39, 0.29) is 5.91 Å². The third-order valence-corrected chi connectivity index (χ3v) is 4.69. The number of carbonyl (C=O) groups excluding carboxylic acids is 1. The highest BCUT2D eigenvalue weighted by molar-refractivity contribution is 7.99. The molecule has 1 fully saturated rings. The van der Waals surface area contributed by atoms with Crippen LogP contribution < -0.4 is 5.32 Å². The maximum absolute atomic E-state index is 12.1. The highest BCUT2D eigenvalue weighted by atomic mass is 32.2. The summed E-state index contributed by atoms with van der Waals surface area (Å²) in [7, 11) is 0. The van der Waals surface area contributed by atoms with Gasteiger partial charge in [-0.25, -0.2) is 4.68 Å². The molecule has 0 spiro atoms. The predicted molar refractivity (Wildman–Crippen MR) is 90.2 cm³/mol. The number of rotatable bonds is 7. The van der Waals surface area contributed by atoms with Gasteiger partial charge in [-0.05, 0) is 24.1 Å². The van der Waals surface area contributed by atoms with Crippen molar-refractivity contribution in [1.29, 1.82) is 0 Å². The quantitative estimate of drug-likeness (QED) is 0.842. The average Bonchev–Trinajstić information content (AvgIpc) is 3.22. The lowest BCUT2D eigenvalue weighted by Crippen LogP contribution is -2.20. The summed E-state index contributed by atoms with van der Waals surface area (Å²) in [5.41, 5.74) is 1.17. The Morgan fingerprint density at radius 2 is 2.22 bits per heavy atom. The van der Waals surface area contributed by atoms with Crippen LogP contribution in [0.2, 0.25) is 0 Å². The number of nitrogens with one attached hydrogen (secondary N) is 1. The largest absolute Gasteiger partial charge is 0.381 e. The number of hydrogen-bond acceptors (Lipinski definition) is 5. The van der Waals surface area contributed by atoms with Crippen LogP contribution in [0.5, 0.6) is 0 Å². The van der Waals surface area contributed by atoms with Crippen LogP contribution in [0.1, 0.15) is 12.0 Å². The van der Waals surface area contributed by atoms with E-state index < -0.39 is 0 Å². The van der Waals surface area contributed by atoms with Crippen molar-refractivity contribution >= 4 is 23.5 Å². The SMILES string of the molecule is O=C(CSCc1ccncc1)Nc1ccnn1C[C@@H]1CCOC1. The molecule has 1 aliphatic heterocycles. The Hall–Kier alpha value is -1.86. The van der Waals surface area contributed by atoms with E-state index in [0.29, 0.717) is 11.7 Å². The van der Waals surface area contributed by atoms with Crippen molar-refractivity contribution in [2.45, 2.75) is 18.7 Å². The molecule has 0 aromatic carbocycles. The van der Waals surface area contributed by atoms with E-state index in [1.807, 2.05) is 22.9 Å². The fourth-order valence-electron chi connectivity index (χ4n) is 2.48. The molecule has 1 aliphatic rings. The fourth-order valence-corrected chi connectivity index (χ4v) is 3.26. The molecule has 2 aromatic heterocycles. The lowest BCUT2D eigenvalue weighted by molar-refractivity contribution is -0.113. The van der Waals surface area contributed by atoms with E-state index in [4.69, 9.17) is 4.74 Å². The summed E-state index contributed by atoms with van der Waals surface area (Å²) in [6.45, 7) is 2.38. The Labute approximate surface area is 139 Å². The molecule has 1 amide bonds. The van der Waals surface area contributed by atoms with Gasteiger partial charge in [0.2, 0.25) is 5.91 Å². The molecular weight excluding hydrogens is 312 g/mol. The molecule has 2 aromatic rings. The number of aromatic nitrogens is 3. The van der Waals surface area contributed by atoms with Crippen LogP contribution >= 0.6 is 11.8 Å². The van der Waals surface area contributed by atoms with Gasteiger partial charge in [-0.3, -0.25) is 9.78 Å². The second kappa shape index (κ2) is 8.12. The van der Waals surface area contributed by atoms with Crippen LogP contribution in [0, 0.1) is 5.92 Å². The van der Waals surface area contributed by atoms with Gasteiger partial charge in [0.25, 0.3) is 0 Å². The van der Waals surface area contributed by atoms with Gasteiger partial charge in [-0.1, -0.05) is 0 Å². The monoisotopic (exact) mass is 332 g/mol. The first-order valence-corrected chi connectivity index (χ1v) is 8.83. The molecular formula is C16H20N4O2S. The van der Waals surface area contributed by atoms with Crippen LogP contribution in [0.3, 0.4) is 0 Å². The van der Waals surface area contributed by atoms with Crippen LogP contribution in [0.15, 0.2) is 36.8 Å². The number of hydrogen-bond donors (Lipinski definition) is 1. The van der Waals surface area contributed by atoms with Crippen molar-refractivity contribution in [1.82, 2.24) is 14.8 Å². The average molecular weight is 332 g/mol. The minimum absolute atomic E-state index is 0.00604. The molecule has 122 valence electrons. The second-order valence-electron chi connectivity index (χ2n) is 5.52. The standard InChI is InChI=1S/C16H20N4O2S/c21-16(12-23-11-13-1-5-17-6-2-13)19-15-3-7-18-20(15)9-14-4-8-22-10-14/h1-3,5-7,14H,4,8-12H2,(H,19,21)/t14-/m0/s1. The van der Waals surface area contributed by atoms with E-state index in [1.165, 1.54) is 5.56 Å². The summed E-state index contributed by atoms with van der Waals surface area (Å²) in [4.78, 5) is 16.1. The summed E-state index contributed by atoms with van der Waals surface area (Å²) in [6, 6.07) is 5.76. The van der Waals surface area contributed by atoms with Crippen molar-refractivity contribution in [3.8, 4) is 0 Å². The van der Waals surface area contributed by atoms with Crippen molar-refractivity contribution < 1.29 is 9.53 Å². The van der Waals surface area contributed by atoms with E-state index in [2.05, 4.69) is 15.4 Å². The topological polar surface area (TPSA) is 69.0 Å². The Morgan fingerprint density at radius 1 is 1.35 bits per heavy atom. The first kappa shape index (κ1) is 16.0. The van der Waals surface area contributed by atoms with Gasteiger partial charge in [0.05, 0.1) is 18.6 Å². The molecule has 0 saturated carbocycles. The lowest BCUT2D eigenvalue weighted by Gasteiger charge is -2.12. The number of ether oxygens (including phenoxy) is 1. The minimum atomic E-state index is -0.00604. The molecule has 0 aliphatic carbocycles. The maximum Gasteiger partial charge on any atom is 0.235 e.